The fourth-order valence-electron chi connectivity index (χ4n) is 2.84. The Hall–Kier alpha value is -1.62. The zero-order valence-electron chi connectivity index (χ0n) is 11.6. The summed E-state index contributed by atoms with van der Waals surface area (Å²) in [5.41, 5.74) is 3.58. The van der Waals surface area contributed by atoms with E-state index in [-0.39, 0.29) is 0 Å². The molecule has 3 rings (SSSR count). The number of aryl methyl sites for hydroxylation is 3. The number of nitrogens with one attached hydrogen (secondary N) is 2. The molecule has 0 fully saturated rings. The number of imidazole rings is 1. The average molecular weight is 259 g/mol. The lowest BCUT2D eigenvalue weighted by atomic mass is 9.99. The van der Waals surface area contributed by atoms with Crippen LogP contribution in [-0.2, 0) is 19.5 Å². The number of nitrogens with zero attached hydrogens (tertiary/aromatic N) is 3. The molecule has 0 spiro atoms. The van der Waals surface area contributed by atoms with Crippen molar-refractivity contribution >= 4 is 0 Å². The molecule has 0 amide bonds. The minimum absolute atomic E-state index is 0.703. The van der Waals surface area contributed by atoms with E-state index in [1.807, 2.05) is 6.20 Å². The van der Waals surface area contributed by atoms with Gasteiger partial charge in [0, 0.05) is 43.2 Å². The minimum atomic E-state index is 0.703. The van der Waals surface area contributed by atoms with Crippen molar-refractivity contribution < 1.29 is 0 Å². The molecule has 0 saturated heterocycles. The largest absolute Gasteiger partial charge is 0.335 e. The highest BCUT2D eigenvalue weighted by Gasteiger charge is 2.18. The van der Waals surface area contributed by atoms with Crippen molar-refractivity contribution in [3.63, 3.8) is 0 Å². The molecule has 0 unspecified atom stereocenters. The molecule has 1 aliphatic heterocycles. The molecule has 1 aliphatic rings. The maximum atomic E-state index is 4.37. The van der Waals surface area contributed by atoms with E-state index in [4.69, 9.17) is 0 Å². The van der Waals surface area contributed by atoms with Gasteiger partial charge in [0.2, 0.25) is 0 Å². The quantitative estimate of drug-likeness (QED) is 0.876. The first-order chi connectivity index (χ1) is 9.24. The van der Waals surface area contributed by atoms with E-state index < -0.39 is 0 Å². The Bertz CT molecular complexity index is 534. The first-order valence-corrected chi connectivity index (χ1v) is 6.95. The van der Waals surface area contributed by atoms with Crippen LogP contribution in [0.15, 0.2) is 12.4 Å². The second kappa shape index (κ2) is 5.17. The van der Waals surface area contributed by atoms with Gasteiger partial charge in [0.1, 0.15) is 5.82 Å². The van der Waals surface area contributed by atoms with Crippen molar-refractivity contribution in [3.8, 4) is 0 Å². The van der Waals surface area contributed by atoms with Gasteiger partial charge < -0.3 is 9.88 Å². The molecule has 0 radical (unpaired) electrons. The highest BCUT2D eigenvalue weighted by molar-refractivity contribution is 5.22. The summed E-state index contributed by atoms with van der Waals surface area (Å²) in [5.74, 6) is 1.94. The minimum Gasteiger partial charge on any atom is -0.335 e. The summed E-state index contributed by atoms with van der Waals surface area (Å²) in [7, 11) is 0. The number of aromatic nitrogens is 4. The fraction of sp³-hybridized carbons (Fsp3) is 0.571. The molecule has 0 aliphatic carbocycles. The summed E-state index contributed by atoms with van der Waals surface area (Å²) >= 11 is 0. The third kappa shape index (κ3) is 2.56. The third-order valence-electron chi connectivity index (χ3n) is 4.05. The summed E-state index contributed by atoms with van der Waals surface area (Å²) in [6.45, 7) is 7.18. The molecule has 0 bridgehead atoms. The molecule has 2 aromatic heterocycles. The fourth-order valence-corrected chi connectivity index (χ4v) is 2.84. The molecule has 0 saturated carbocycles. The first-order valence-electron chi connectivity index (χ1n) is 6.95. The van der Waals surface area contributed by atoms with Crippen molar-refractivity contribution in [2.24, 2.45) is 5.92 Å². The van der Waals surface area contributed by atoms with Crippen LogP contribution in [0.1, 0.15) is 29.2 Å². The lowest BCUT2D eigenvalue weighted by molar-refractivity contribution is 0.347. The zero-order valence-corrected chi connectivity index (χ0v) is 11.6. The number of H-pyrrole nitrogens is 1. The second-order valence-electron chi connectivity index (χ2n) is 5.44. The van der Waals surface area contributed by atoms with Gasteiger partial charge in [0.25, 0.3) is 0 Å². The summed E-state index contributed by atoms with van der Waals surface area (Å²) in [4.78, 5) is 4.37. The van der Waals surface area contributed by atoms with Crippen molar-refractivity contribution in [1.29, 1.82) is 0 Å². The van der Waals surface area contributed by atoms with Gasteiger partial charge in [-0.05, 0) is 32.7 Å². The Morgan fingerprint density at radius 2 is 2.37 bits per heavy atom. The number of hydrogen-bond acceptors (Lipinski definition) is 3. The van der Waals surface area contributed by atoms with E-state index in [0.29, 0.717) is 5.92 Å². The van der Waals surface area contributed by atoms with Gasteiger partial charge in [-0.2, -0.15) is 5.10 Å². The Balaban J connectivity index is 1.51. The standard InChI is InChI=1S/C14H21N5/c1-10-13(11(2)18-17-10)8-15-7-12-3-4-14-16-5-6-19(14)9-12/h5-6,12,15H,3-4,7-9H2,1-2H3,(H,17,18)/t12-/m0/s1. The maximum absolute atomic E-state index is 4.37. The van der Waals surface area contributed by atoms with Gasteiger partial charge in [-0.15, -0.1) is 0 Å². The van der Waals surface area contributed by atoms with Crippen LogP contribution in [0, 0.1) is 19.8 Å². The molecule has 5 nitrogen and oxygen atoms in total. The van der Waals surface area contributed by atoms with E-state index in [9.17, 15) is 0 Å². The molecule has 102 valence electrons. The molecule has 2 aromatic rings. The Morgan fingerprint density at radius 1 is 1.47 bits per heavy atom. The molecule has 2 N–H and O–H groups in total. The van der Waals surface area contributed by atoms with Crippen molar-refractivity contribution in [1.82, 2.24) is 25.1 Å². The van der Waals surface area contributed by atoms with Crippen LogP contribution in [-0.4, -0.2) is 26.3 Å². The van der Waals surface area contributed by atoms with Crippen LogP contribution >= 0.6 is 0 Å². The van der Waals surface area contributed by atoms with Gasteiger partial charge in [0.05, 0.1) is 5.69 Å². The van der Waals surface area contributed by atoms with Gasteiger partial charge in [-0.1, -0.05) is 0 Å². The molecule has 5 heteroatoms. The van der Waals surface area contributed by atoms with E-state index in [1.165, 1.54) is 23.5 Å². The highest BCUT2D eigenvalue weighted by atomic mass is 15.1. The van der Waals surface area contributed by atoms with Crippen molar-refractivity contribution in [2.45, 2.75) is 39.8 Å². The molecular weight excluding hydrogens is 238 g/mol. The topological polar surface area (TPSA) is 58.5 Å². The second-order valence-corrected chi connectivity index (χ2v) is 5.44. The van der Waals surface area contributed by atoms with Gasteiger partial charge in [0.15, 0.2) is 0 Å². The monoisotopic (exact) mass is 259 g/mol. The third-order valence-corrected chi connectivity index (χ3v) is 4.05. The maximum Gasteiger partial charge on any atom is 0.108 e. The lowest BCUT2D eigenvalue weighted by Gasteiger charge is -2.24. The van der Waals surface area contributed by atoms with E-state index in [0.717, 1.165) is 31.7 Å². The number of rotatable bonds is 4. The predicted octanol–water partition coefficient (Wildman–Crippen LogP) is 1.58. The average Bonchev–Trinajstić information content (AvgIpc) is 2.99. The Labute approximate surface area is 113 Å². The molecular formula is C14H21N5. The Kier molecular flexibility index (Phi) is 3.38. The van der Waals surface area contributed by atoms with Gasteiger partial charge >= 0.3 is 0 Å². The van der Waals surface area contributed by atoms with Crippen molar-refractivity contribution in [2.75, 3.05) is 6.54 Å². The zero-order chi connectivity index (χ0) is 13.2. The van der Waals surface area contributed by atoms with Crippen LogP contribution in [0.25, 0.3) is 0 Å². The smallest absolute Gasteiger partial charge is 0.108 e. The van der Waals surface area contributed by atoms with Gasteiger partial charge in [-0.25, -0.2) is 4.98 Å². The van der Waals surface area contributed by atoms with Crippen LogP contribution in [0.4, 0.5) is 0 Å². The summed E-state index contributed by atoms with van der Waals surface area (Å²) < 4.78 is 2.28. The summed E-state index contributed by atoms with van der Waals surface area (Å²) in [5, 5.41) is 10.8. The summed E-state index contributed by atoms with van der Waals surface area (Å²) in [6, 6.07) is 0. The van der Waals surface area contributed by atoms with Crippen molar-refractivity contribution in [3.05, 3.63) is 35.2 Å². The molecule has 1 atom stereocenters. The van der Waals surface area contributed by atoms with Gasteiger partial charge in [-0.3, -0.25) is 5.10 Å². The van der Waals surface area contributed by atoms with E-state index in [1.54, 1.807) is 0 Å². The normalized spacial score (nSPS) is 18.5. The SMILES string of the molecule is Cc1n[nH]c(C)c1CNC[C@@H]1CCc2nccn2C1. The number of aromatic amines is 1. The Morgan fingerprint density at radius 3 is 3.16 bits per heavy atom. The van der Waals surface area contributed by atoms with Crippen LogP contribution in [0.2, 0.25) is 0 Å². The van der Waals surface area contributed by atoms with Crippen LogP contribution in [0.3, 0.4) is 0 Å². The van der Waals surface area contributed by atoms with Crippen LogP contribution in [0.5, 0.6) is 0 Å². The number of fused-ring (bicyclic) bond motifs is 1. The van der Waals surface area contributed by atoms with E-state index >= 15 is 0 Å². The highest BCUT2D eigenvalue weighted by Crippen LogP contribution is 2.18. The predicted molar refractivity (Wildman–Crippen MR) is 73.8 cm³/mol. The van der Waals surface area contributed by atoms with E-state index in [2.05, 4.69) is 45.1 Å². The lowest BCUT2D eigenvalue weighted by Crippen LogP contribution is -2.29. The summed E-state index contributed by atoms with van der Waals surface area (Å²) in [6.07, 6.45) is 6.33. The molecule has 3 heterocycles. The number of hydrogen-bond donors (Lipinski definition) is 2. The first kappa shape index (κ1) is 12.4. The molecule has 19 heavy (non-hydrogen) atoms. The molecule has 0 aromatic carbocycles. The van der Waals surface area contributed by atoms with Crippen LogP contribution < -0.4 is 5.32 Å².